The molecular formula is C15H18N2O3. The molecule has 20 heavy (non-hydrogen) atoms. The van der Waals surface area contributed by atoms with Crippen LogP contribution in [0.1, 0.15) is 5.56 Å². The summed E-state index contributed by atoms with van der Waals surface area (Å²) < 4.78 is 15.9. The van der Waals surface area contributed by atoms with Gasteiger partial charge in [0.05, 0.1) is 27.0 Å². The van der Waals surface area contributed by atoms with E-state index in [-0.39, 0.29) is 0 Å². The van der Waals surface area contributed by atoms with Crippen molar-refractivity contribution in [1.29, 1.82) is 0 Å². The molecule has 0 atom stereocenters. The first-order valence-electron chi connectivity index (χ1n) is 6.23. The molecule has 1 aromatic heterocycles. The Labute approximate surface area is 118 Å². The lowest BCUT2D eigenvalue weighted by Gasteiger charge is -2.14. The number of hydrogen-bond acceptors (Lipinski definition) is 5. The van der Waals surface area contributed by atoms with E-state index in [0.717, 1.165) is 17.0 Å². The quantitative estimate of drug-likeness (QED) is 0.877. The first-order valence-corrected chi connectivity index (χ1v) is 6.23. The summed E-state index contributed by atoms with van der Waals surface area (Å²) in [5, 5.41) is 3.28. The van der Waals surface area contributed by atoms with E-state index in [1.165, 1.54) is 0 Å². The lowest BCUT2D eigenvalue weighted by atomic mass is 10.2. The van der Waals surface area contributed by atoms with Gasteiger partial charge in [0.2, 0.25) is 5.88 Å². The van der Waals surface area contributed by atoms with E-state index < -0.39 is 0 Å². The molecule has 0 spiro atoms. The summed E-state index contributed by atoms with van der Waals surface area (Å²) in [5.74, 6) is 2.00. The molecule has 5 heteroatoms. The van der Waals surface area contributed by atoms with Gasteiger partial charge < -0.3 is 19.5 Å². The Morgan fingerprint density at radius 3 is 2.55 bits per heavy atom. The first kappa shape index (κ1) is 14.0. The first-order chi connectivity index (χ1) is 9.80. The van der Waals surface area contributed by atoms with Crippen molar-refractivity contribution in [3.8, 4) is 17.4 Å². The Balaban J connectivity index is 2.19. The van der Waals surface area contributed by atoms with Crippen LogP contribution in [0.15, 0.2) is 36.5 Å². The number of nitrogens with zero attached hydrogens (tertiary/aromatic N) is 1. The van der Waals surface area contributed by atoms with E-state index in [1.807, 2.05) is 30.3 Å². The van der Waals surface area contributed by atoms with Crippen LogP contribution in [0.25, 0.3) is 0 Å². The Hall–Kier alpha value is -2.43. The van der Waals surface area contributed by atoms with Gasteiger partial charge in [-0.1, -0.05) is 12.1 Å². The third-order valence-corrected chi connectivity index (χ3v) is 2.92. The maximum atomic E-state index is 5.40. The van der Waals surface area contributed by atoms with E-state index in [0.29, 0.717) is 18.2 Å². The Bertz CT molecular complexity index is 573. The SMILES string of the molecule is COc1cccc(CNc2cccnc2OC)c1OC. The van der Waals surface area contributed by atoms with E-state index >= 15 is 0 Å². The number of methoxy groups -OCH3 is 3. The van der Waals surface area contributed by atoms with Gasteiger partial charge in [-0.25, -0.2) is 4.98 Å². The second-order valence-electron chi connectivity index (χ2n) is 4.07. The van der Waals surface area contributed by atoms with Crippen molar-refractivity contribution in [2.75, 3.05) is 26.6 Å². The number of nitrogens with one attached hydrogen (secondary N) is 1. The summed E-state index contributed by atoms with van der Waals surface area (Å²) in [5.41, 5.74) is 1.83. The second-order valence-corrected chi connectivity index (χ2v) is 4.07. The average molecular weight is 274 g/mol. The van der Waals surface area contributed by atoms with Gasteiger partial charge in [0.15, 0.2) is 11.5 Å². The number of rotatable bonds is 6. The summed E-state index contributed by atoms with van der Waals surface area (Å²) in [6.07, 6.45) is 1.69. The van der Waals surface area contributed by atoms with Crippen molar-refractivity contribution in [2.24, 2.45) is 0 Å². The maximum absolute atomic E-state index is 5.40. The highest BCUT2D eigenvalue weighted by Crippen LogP contribution is 2.31. The van der Waals surface area contributed by atoms with E-state index in [1.54, 1.807) is 27.5 Å². The van der Waals surface area contributed by atoms with Crippen LogP contribution in [0.3, 0.4) is 0 Å². The molecule has 0 aliphatic rings. The third-order valence-electron chi connectivity index (χ3n) is 2.92. The number of ether oxygens (including phenoxy) is 3. The fraction of sp³-hybridized carbons (Fsp3) is 0.267. The summed E-state index contributed by atoms with van der Waals surface area (Å²) in [4.78, 5) is 4.15. The van der Waals surface area contributed by atoms with Gasteiger partial charge in [-0.3, -0.25) is 0 Å². The molecule has 2 rings (SSSR count). The minimum atomic E-state index is 0.564. The van der Waals surface area contributed by atoms with Crippen molar-refractivity contribution in [1.82, 2.24) is 4.98 Å². The lowest BCUT2D eigenvalue weighted by molar-refractivity contribution is 0.352. The molecule has 0 amide bonds. The van der Waals surface area contributed by atoms with Gasteiger partial charge in [0.25, 0.3) is 0 Å². The van der Waals surface area contributed by atoms with Crippen LogP contribution in [-0.4, -0.2) is 26.3 Å². The summed E-state index contributed by atoms with van der Waals surface area (Å²) in [6.45, 7) is 0.586. The molecular weight excluding hydrogens is 256 g/mol. The zero-order chi connectivity index (χ0) is 14.4. The van der Waals surface area contributed by atoms with Crippen LogP contribution in [0.2, 0.25) is 0 Å². The van der Waals surface area contributed by atoms with Crippen molar-refractivity contribution in [3.05, 3.63) is 42.1 Å². The van der Waals surface area contributed by atoms with E-state index in [4.69, 9.17) is 14.2 Å². The van der Waals surface area contributed by atoms with Crippen molar-refractivity contribution in [2.45, 2.75) is 6.54 Å². The monoisotopic (exact) mass is 274 g/mol. The zero-order valence-corrected chi connectivity index (χ0v) is 11.8. The maximum Gasteiger partial charge on any atom is 0.237 e. The molecule has 0 fully saturated rings. The number of hydrogen-bond donors (Lipinski definition) is 1. The highest BCUT2D eigenvalue weighted by Gasteiger charge is 2.10. The molecule has 0 saturated carbocycles. The third kappa shape index (κ3) is 2.93. The van der Waals surface area contributed by atoms with Crippen LogP contribution in [0.4, 0.5) is 5.69 Å². The fourth-order valence-electron chi connectivity index (χ4n) is 1.97. The molecule has 0 radical (unpaired) electrons. The van der Waals surface area contributed by atoms with Crippen LogP contribution < -0.4 is 19.5 Å². The molecule has 1 heterocycles. The number of aromatic nitrogens is 1. The van der Waals surface area contributed by atoms with Gasteiger partial charge in [-0.2, -0.15) is 0 Å². The molecule has 5 nitrogen and oxygen atoms in total. The van der Waals surface area contributed by atoms with Gasteiger partial charge in [-0.15, -0.1) is 0 Å². The Kier molecular flexibility index (Phi) is 4.65. The minimum absolute atomic E-state index is 0.564. The van der Waals surface area contributed by atoms with Crippen molar-refractivity contribution >= 4 is 5.69 Å². The molecule has 106 valence electrons. The Morgan fingerprint density at radius 2 is 1.85 bits per heavy atom. The highest BCUT2D eigenvalue weighted by atomic mass is 16.5. The normalized spacial score (nSPS) is 9.95. The highest BCUT2D eigenvalue weighted by molar-refractivity contribution is 5.54. The number of benzene rings is 1. The smallest absolute Gasteiger partial charge is 0.237 e. The second kappa shape index (κ2) is 6.65. The Morgan fingerprint density at radius 1 is 1.00 bits per heavy atom. The lowest BCUT2D eigenvalue weighted by Crippen LogP contribution is -2.04. The van der Waals surface area contributed by atoms with Crippen LogP contribution >= 0.6 is 0 Å². The number of para-hydroxylation sites is 1. The number of pyridine rings is 1. The number of anilines is 1. The minimum Gasteiger partial charge on any atom is -0.493 e. The van der Waals surface area contributed by atoms with Gasteiger partial charge in [0.1, 0.15) is 0 Å². The van der Waals surface area contributed by atoms with Gasteiger partial charge in [0, 0.05) is 18.3 Å². The van der Waals surface area contributed by atoms with E-state index in [2.05, 4.69) is 10.3 Å². The fourth-order valence-corrected chi connectivity index (χ4v) is 1.97. The molecule has 2 aromatic rings. The van der Waals surface area contributed by atoms with Crippen molar-refractivity contribution in [3.63, 3.8) is 0 Å². The standard InChI is InChI=1S/C15H18N2O3/c1-18-13-8-4-6-11(14(13)19-2)10-17-12-7-5-9-16-15(12)20-3/h4-9,17H,10H2,1-3H3. The average Bonchev–Trinajstić information content (AvgIpc) is 2.52. The zero-order valence-electron chi connectivity index (χ0n) is 11.8. The predicted octanol–water partition coefficient (Wildman–Crippen LogP) is 2.72. The molecule has 0 saturated heterocycles. The topological polar surface area (TPSA) is 52.6 Å². The van der Waals surface area contributed by atoms with Gasteiger partial charge >= 0.3 is 0 Å². The molecule has 0 bridgehead atoms. The predicted molar refractivity (Wildman–Crippen MR) is 77.7 cm³/mol. The van der Waals surface area contributed by atoms with Crippen LogP contribution in [0.5, 0.6) is 17.4 Å². The molecule has 0 aliphatic carbocycles. The summed E-state index contributed by atoms with van der Waals surface area (Å²) in [6, 6.07) is 9.55. The van der Waals surface area contributed by atoms with Gasteiger partial charge in [-0.05, 0) is 18.2 Å². The molecule has 1 aromatic carbocycles. The van der Waals surface area contributed by atoms with Crippen LogP contribution in [-0.2, 0) is 6.54 Å². The van der Waals surface area contributed by atoms with E-state index in [9.17, 15) is 0 Å². The molecule has 0 aliphatic heterocycles. The van der Waals surface area contributed by atoms with Crippen molar-refractivity contribution < 1.29 is 14.2 Å². The molecule has 0 unspecified atom stereocenters. The largest absolute Gasteiger partial charge is 0.493 e. The summed E-state index contributed by atoms with van der Waals surface area (Å²) in [7, 11) is 4.85. The summed E-state index contributed by atoms with van der Waals surface area (Å²) >= 11 is 0. The molecule has 1 N–H and O–H groups in total. The van der Waals surface area contributed by atoms with Crippen LogP contribution in [0, 0.1) is 0 Å².